The molecule has 0 radical (unpaired) electrons. The van der Waals surface area contributed by atoms with E-state index in [9.17, 15) is 23.5 Å². The summed E-state index contributed by atoms with van der Waals surface area (Å²) in [6.45, 7) is 6.25. The molecule has 4 rings (SSSR count). The van der Waals surface area contributed by atoms with Crippen molar-refractivity contribution >= 4 is 28.5 Å². The van der Waals surface area contributed by atoms with Crippen LogP contribution in [-0.4, -0.2) is 22.0 Å². The highest BCUT2D eigenvalue weighted by atomic mass is 19.3. The first kappa shape index (κ1) is 25.9. The Morgan fingerprint density at radius 2 is 1.54 bits per heavy atom. The zero-order valence-electron chi connectivity index (χ0n) is 20.9. The number of carboxylic acids is 1. The van der Waals surface area contributed by atoms with E-state index in [1.54, 1.807) is 41.4 Å². The minimum absolute atomic E-state index is 0.0218. The van der Waals surface area contributed by atoms with Gasteiger partial charge in [0.2, 0.25) is 5.91 Å². The maximum atomic E-state index is 13.5. The lowest BCUT2D eigenvalue weighted by atomic mass is 9.91. The normalized spacial score (nSPS) is 11.6. The number of amides is 1. The van der Waals surface area contributed by atoms with Crippen molar-refractivity contribution in [3.63, 3.8) is 0 Å². The van der Waals surface area contributed by atoms with Crippen molar-refractivity contribution in [1.29, 1.82) is 0 Å². The number of aromatic nitrogens is 1. The van der Waals surface area contributed by atoms with Gasteiger partial charge in [-0.05, 0) is 51.8 Å². The zero-order valence-corrected chi connectivity index (χ0v) is 20.9. The fraction of sp³-hybridized carbons (Fsp3) is 0.233. The Labute approximate surface area is 214 Å². The summed E-state index contributed by atoms with van der Waals surface area (Å²) < 4.78 is 25.7. The number of anilines is 1. The molecule has 0 bridgehead atoms. The highest BCUT2D eigenvalue weighted by Crippen LogP contribution is 2.30. The smallest absolute Gasteiger partial charge is 0.335 e. The Bertz CT molecular complexity index is 1430. The summed E-state index contributed by atoms with van der Waals surface area (Å²) in [5.74, 6) is -0.651. The maximum Gasteiger partial charge on any atom is 0.335 e. The van der Waals surface area contributed by atoms with Crippen LogP contribution >= 0.6 is 0 Å². The van der Waals surface area contributed by atoms with Gasteiger partial charge in [-0.25, -0.2) is 18.6 Å². The third-order valence-corrected chi connectivity index (χ3v) is 6.02. The van der Waals surface area contributed by atoms with Gasteiger partial charge in [-0.1, -0.05) is 69.3 Å². The molecule has 0 saturated carbocycles. The zero-order chi connectivity index (χ0) is 26.7. The van der Waals surface area contributed by atoms with Gasteiger partial charge < -0.3 is 5.11 Å². The number of pyridine rings is 1. The van der Waals surface area contributed by atoms with Crippen molar-refractivity contribution in [2.45, 2.75) is 40.2 Å². The highest BCUT2D eigenvalue weighted by Gasteiger charge is 2.25. The lowest BCUT2D eigenvalue weighted by Crippen LogP contribution is -2.34. The molecule has 0 atom stereocenters. The monoisotopic (exact) mass is 502 g/mol. The quantitative estimate of drug-likeness (QED) is 0.284. The molecule has 1 N–H and O–H groups in total. The molecule has 0 fully saturated rings. The molecule has 0 aliphatic carbocycles. The number of benzene rings is 3. The summed E-state index contributed by atoms with van der Waals surface area (Å²) in [6, 6.07) is 20.3. The number of carbonyl (C=O) groups is 2. The summed E-state index contributed by atoms with van der Waals surface area (Å²) in [7, 11) is 0. The van der Waals surface area contributed by atoms with Gasteiger partial charge in [-0.3, -0.25) is 9.69 Å². The van der Waals surface area contributed by atoms with Crippen LogP contribution in [0.1, 0.15) is 55.1 Å². The van der Waals surface area contributed by atoms with Gasteiger partial charge in [0, 0.05) is 23.6 Å². The molecule has 0 unspecified atom stereocenters. The van der Waals surface area contributed by atoms with E-state index in [1.807, 2.05) is 45.0 Å². The van der Waals surface area contributed by atoms with E-state index in [-0.39, 0.29) is 29.0 Å². The van der Waals surface area contributed by atoms with Crippen molar-refractivity contribution < 1.29 is 23.5 Å². The van der Waals surface area contributed by atoms with Gasteiger partial charge in [0.15, 0.2) is 0 Å². The summed E-state index contributed by atoms with van der Waals surface area (Å²) in [4.78, 5) is 31.1. The molecule has 0 aliphatic rings. The van der Waals surface area contributed by atoms with Gasteiger partial charge in [-0.15, -0.1) is 0 Å². The lowest BCUT2D eigenvalue weighted by Gasteiger charge is -2.27. The van der Waals surface area contributed by atoms with Crippen LogP contribution < -0.4 is 4.90 Å². The Morgan fingerprint density at radius 1 is 0.919 bits per heavy atom. The number of carbonyl (C=O) groups excluding carboxylic acids is 1. The number of halogens is 2. The summed E-state index contributed by atoms with van der Waals surface area (Å²) >= 11 is 0. The Balaban J connectivity index is 1.68. The minimum atomic E-state index is -2.51. The molecule has 0 saturated heterocycles. The van der Waals surface area contributed by atoms with E-state index in [0.717, 1.165) is 16.7 Å². The summed E-state index contributed by atoms with van der Waals surface area (Å²) in [5.41, 5.74) is 2.46. The van der Waals surface area contributed by atoms with Crippen molar-refractivity contribution in [2.24, 2.45) is 5.41 Å². The number of hydrogen-bond acceptors (Lipinski definition) is 3. The third-order valence-electron chi connectivity index (χ3n) is 6.02. The molecule has 5 nitrogen and oxygen atoms in total. The van der Waals surface area contributed by atoms with Gasteiger partial charge in [0.25, 0.3) is 6.43 Å². The molecule has 0 aliphatic heterocycles. The summed E-state index contributed by atoms with van der Waals surface area (Å²) in [5, 5.41) is 10.7. The van der Waals surface area contributed by atoms with E-state index in [0.29, 0.717) is 23.0 Å². The van der Waals surface area contributed by atoms with Crippen LogP contribution in [-0.2, 0) is 11.3 Å². The van der Waals surface area contributed by atoms with E-state index in [4.69, 9.17) is 0 Å². The predicted molar refractivity (Wildman–Crippen MR) is 141 cm³/mol. The highest BCUT2D eigenvalue weighted by molar-refractivity contribution is 6.04. The number of hydrogen-bond donors (Lipinski definition) is 1. The van der Waals surface area contributed by atoms with Gasteiger partial charge in [0.05, 0.1) is 12.1 Å². The van der Waals surface area contributed by atoms with Crippen LogP contribution in [0.4, 0.5) is 14.6 Å². The van der Waals surface area contributed by atoms with Crippen LogP contribution in [0.3, 0.4) is 0 Å². The number of carboxylic acid groups (broad SMARTS) is 1. The average molecular weight is 503 g/mol. The van der Waals surface area contributed by atoms with Crippen LogP contribution in [0.25, 0.3) is 21.9 Å². The van der Waals surface area contributed by atoms with Gasteiger partial charge in [0.1, 0.15) is 5.82 Å². The summed E-state index contributed by atoms with van der Waals surface area (Å²) in [6.07, 6.45) is -0.633. The van der Waals surface area contributed by atoms with E-state index >= 15 is 0 Å². The van der Waals surface area contributed by atoms with Crippen LogP contribution in [0.15, 0.2) is 79.0 Å². The van der Waals surface area contributed by atoms with Crippen molar-refractivity contribution in [3.8, 4) is 11.1 Å². The predicted octanol–water partition coefficient (Wildman–Crippen LogP) is 7.51. The molecule has 1 aromatic heterocycles. The van der Waals surface area contributed by atoms with Crippen LogP contribution in [0.2, 0.25) is 0 Å². The molecular formula is C30H28F2N2O3. The first-order valence-corrected chi connectivity index (χ1v) is 11.9. The fourth-order valence-corrected chi connectivity index (χ4v) is 4.15. The molecule has 190 valence electrons. The van der Waals surface area contributed by atoms with E-state index in [1.165, 1.54) is 18.2 Å². The number of aromatic carboxylic acids is 1. The van der Waals surface area contributed by atoms with Crippen molar-refractivity contribution in [3.05, 3.63) is 95.7 Å². The van der Waals surface area contributed by atoms with E-state index < -0.39 is 12.4 Å². The number of alkyl halides is 2. The first-order chi connectivity index (χ1) is 17.5. The minimum Gasteiger partial charge on any atom is -0.478 e. The Morgan fingerprint density at radius 3 is 2.11 bits per heavy atom. The van der Waals surface area contributed by atoms with E-state index in [2.05, 4.69) is 4.98 Å². The van der Waals surface area contributed by atoms with Crippen molar-refractivity contribution in [2.75, 3.05) is 4.90 Å². The number of fused-ring (bicyclic) bond motifs is 1. The number of nitrogens with zero attached hydrogens (tertiary/aromatic N) is 2. The molecule has 4 aromatic rings. The second-order valence-corrected chi connectivity index (χ2v) is 10.2. The molecule has 0 spiro atoms. The second-order valence-electron chi connectivity index (χ2n) is 10.2. The topological polar surface area (TPSA) is 70.5 Å². The molecule has 37 heavy (non-hydrogen) atoms. The Hall–Kier alpha value is -4.13. The maximum absolute atomic E-state index is 13.5. The standard InChI is InChI=1S/C30H28F2N2O3/c1-30(2,3)17-26(35)34(28-25-13-12-24(29(36)37)16-23(25)14-15-33-28)18-19-4-6-20(7-5-19)21-8-10-22(11-9-21)27(31)32/h4-16,27H,17-18H2,1-3H3,(H,36,37). The SMILES string of the molecule is CC(C)(C)CC(=O)N(Cc1ccc(-c2ccc(C(F)F)cc2)cc1)c1nccc2cc(C(=O)O)ccc12. The first-order valence-electron chi connectivity index (χ1n) is 11.9. The van der Waals surface area contributed by atoms with Gasteiger partial charge >= 0.3 is 5.97 Å². The Kier molecular flexibility index (Phi) is 7.34. The average Bonchev–Trinajstić information content (AvgIpc) is 2.86. The molecule has 1 amide bonds. The fourth-order valence-electron chi connectivity index (χ4n) is 4.15. The molecule has 7 heteroatoms. The third kappa shape index (κ3) is 6.17. The lowest BCUT2D eigenvalue weighted by molar-refractivity contribution is -0.120. The molecule has 3 aromatic carbocycles. The number of rotatable bonds is 7. The van der Waals surface area contributed by atoms with Gasteiger partial charge in [-0.2, -0.15) is 0 Å². The molecular weight excluding hydrogens is 474 g/mol. The molecule has 1 heterocycles. The largest absolute Gasteiger partial charge is 0.478 e. The second kappa shape index (κ2) is 10.5. The van der Waals surface area contributed by atoms with Crippen molar-refractivity contribution in [1.82, 2.24) is 4.98 Å². The van der Waals surface area contributed by atoms with Crippen LogP contribution in [0, 0.1) is 5.41 Å². The van der Waals surface area contributed by atoms with Crippen LogP contribution in [0.5, 0.6) is 0 Å².